The van der Waals surface area contributed by atoms with Crippen molar-refractivity contribution in [2.24, 2.45) is 5.41 Å². The number of aryl methyl sites for hydroxylation is 1. The van der Waals surface area contributed by atoms with Crippen LogP contribution >= 0.6 is 15.9 Å². The molecular formula is C27H31BrN4O5. The number of hydrogen-bond acceptors (Lipinski definition) is 7. The molecule has 3 aromatic rings. The highest BCUT2D eigenvalue weighted by molar-refractivity contribution is 9.10. The van der Waals surface area contributed by atoms with E-state index in [0.717, 1.165) is 15.7 Å². The highest BCUT2D eigenvalue weighted by atomic mass is 79.9. The predicted molar refractivity (Wildman–Crippen MR) is 144 cm³/mol. The van der Waals surface area contributed by atoms with Crippen LogP contribution in [-0.4, -0.2) is 52.6 Å². The Balaban J connectivity index is 1.49. The Morgan fingerprint density at radius 1 is 1.14 bits per heavy atom. The summed E-state index contributed by atoms with van der Waals surface area (Å²) in [4.78, 5) is 44.4. The summed E-state index contributed by atoms with van der Waals surface area (Å²) in [5.41, 5.74) is 1.96. The number of carbonyl (C=O) groups is 2. The van der Waals surface area contributed by atoms with Gasteiger partial charge in [0.1, 0.15) is 5.82 Å². The Morgan fingerprint density at radius 3 is 2.46 bits per heavy atom. The average molecular weight is 571 g/mol. The topological polar surface area (TPSA) is 103 Å². The summed E-state index contributed by atoms with van der Waals surface area (Å²) in [5.74, 6) is 0.0698. The first-order valence-corrected chi connectivity index (χ1v) is 12.9. The van der Waals surface area contributed by atoms with Gasteiger partial charge in [0.15, 0.2) is 6.73 Å². The fourth-order valence-corrected chi connectivity index (χ4v) is 4.37. The number of anilines is 1. The Morgan fingerprint density at radius 2 is 1.81 bits per heavy atom. The van der Waals surface area contributed by atoms with E-state index < -0.39 is 11.4 Å². The predicted octanol–water partition coefficient (Wildman–Crippen LogP) is 4.10. The molecule has 1 saturated heterocycles. The molecule has 1 amide bonds. The number of rotatable bonds is 6. The third kappa shape index (κ3) is 6.19. The van der Waals surface area contributed by atoms with Gasteiger partial charge in [0.05, 0.1) is 29.5 Å². The van der Waals surface area contributed by atoms with E-state index >= 15 is 0 Å². The van der Waals surface area contributed by atoms with Crippen LogP contribution in [0.3, 0.4) is 0 Å². The number of amides is 1. The van der Waals surface area contributed by atoms with E-state index in [0.29, 0.717) is 55.1 Å². The van der Waals surface area contributed by atoms with Gasteiger partial charge in [-0.1, -0.05) is 15.9 Å². The fourth-order valence-electron chi connectivity index (χ4n) is 3.90. The van der Waals surface area contributed by atoms with Gasteiger partial charge >= 0.3 is 5.97 Å². The van der Waals surface area contributed by atoms with Crippen molar-refractivity contribution in [1.29, 1.82) is 0 Å². The number of fused-ring (bicyclic) bond motifs is 1. The average Bonchev–Trinajstić information content (AvgIpc) is 2.87. The van der Waals surface area contributed by atoms with Gasteiger partial charge in [-0.15, -0.1) is 0 Å². The van der Waals surface area contributed by atoms with Gasteiger partial charge in [-0.3, -0.25) is 19.0 Å². The second-order valence-corrected chi connectivity index (χ2v) is 10.9. The standard InChI is InChI=1S/C27H31BrN4O5/c1-17-30-23-14-22(28)19(13-21(23)25(34)32(17)16-37-26(35)27(2,3)4)15-29-20-7-5-18(6-8-20)24(33)31-9-11-36-12-10-31/h5-8,13-14,29H,9-12,15-16H2,1-4H3. The van der Waals surface area contributed by atoms with E-state index in [9.17, 15) is 14.4 Å². The van der Waals surface area contributed by atoms with Crippen molar-refractivity contribution >= 4 is 44.4 Å². The Labute approximate surface area is 223 Å². The quantitative estimate of drug-likeness (QED) is 0.445. The second-order valence-electron chi connectivity index (χ2n) is 10.00. The normalized spacial score (nSPS) is 14.0. The van der Waals surface area contributed by atoms with Crippen molar-refractivity contribution in [3.8, 4) is 0 Å². The van der Waals surface area contributed by atoms with E-state index in [1.165, 1.54) is 4.57 Å². The molecule has 0 bridgehead atoms. The summed E-state index contributed by atoms with van der Waals surface area (Å²) in [7, 11) is 0. The number of nitrogens with zero attached hydrogens (tertiary/aromatic N) is 3. The Bertz CT molecular complexity index is 1370. The summed E-state index contributed by atoms with van der Waals surface area (Å²) in [5, 5.41) is 3.77. The molecule has 0 aliphatic carbocycles. The molecule has 1 fully saturated rings. The summed E-state index contributed by atoms with van der Waals surface area (Å²) in [6, 6.07) is 10.9. The smallest absolute Gasteiger partial charge is 0.312 e. The van der Waals surface area contributed by atoms with Gasteiger partial charge in [-0.2, -0.15) is 0 Å². The molecule has 1 N–H and O–H groups in total. The number of aromatic nitrogens is 2. The molecule has 0 spiro atoms. The molecule has 1 aliphatic heterocycles. The lowest BCUT2D eigenvalue weighted by atomic mass is 9.98. The summed E-state index contributed by atoms with van der Waals surface area (Å²) in [6.07, 6.45) is 0. The minimum absolute atomic E-state index is 0.000578. The molecule has 10 heteroatoms. The molecule has 0 atom stereocenters. The third-order valence-corrected chi connectivity index (χ3v) is 6.90. The zero-order valence-electron chi connectivity index (χ0n) is 21.5. The minimum atomic E-state index is -0.667. The number of morpholine rings is 1. The number of hydrogen-bond donors (Lipinski definition) is 1. The van der Waals surface area contributed by atoms with Gasteiger partial charge in [-0.25, -0.2) is 4.98 Å². The van der Waals surface area contributed by atoms with Crippen molar-refractivity contribution in [3.05, 3.63) is 68.2 Å². The van der Waals surface area contributed by atoms with Crippen molar-refractivity contribution < 1.29 is 19.1 Å². The van der Waals surface area contributed by atoms with Crippen LogP contribution in [0.2, 0.25) is 0 Å². The molecule has 1 aromatic heterocycles. The monoisotopic (exact) mass is 570 g/mol. The lowest BCUT2D eigenvalue weighted by Crippen LogP contribution is -2.40. The van der Waals surface area contributed by atoms with Gasteiger partial charge < -0.3 is 19.7 Å². The van der Waals surface area contributed by atoms with Crippen LogP contribution in [0.5, 0.6) is 0 Å². The van der Waals surface area contributed by atoms with Crippen LogP contribution in [0.15, 0.2) is 45.7 Å². The first-order chi connectivity index (χ1) is 17.5. The van der Waals surface area contributed by atoms with Crippen molar-refractivity contribution in [2.75, 3.05) is 31.6 Å². The van der Waals surface area contributed by atoms with Crippen LogP contribution < -0.4 is 10.9 Å². The highest BCUT2D eigenvalue weighted by Gasteiger charge is 2.24. The fraction of sp³-hybridized carbons (Fsp3) is 0.407. The first-order valence-electron chi connectivity index (χ1n) is 12.1. The van der Waals surface area contributed by atoms with Gasteiger partial charge in [0.2, 0.25) is 0 Å². The zero-order valence-corrected chi connectivity index (χ0v) is 23.1. The molecule has 0 radical (unpaired) electrons. The molecule has 4 rings (SSSR count). The Kier molecular flexibility index (Phi) is 7.99. The maximum absolute atomic E-state index is 13.2. The molecule has 9 nitrogen and oxygen atoms in total. The van der Waals surface area contributed by atoms with Crippen LogP contribution in [0.4, 0.5) is 5.69 Å². The minimum Gasteiger partial charge on any atom is -0.443 e. The van der Waals surface area contributed by atoms with Crippen LogP contribution in [0.1, 0.15) is 42.5 Å². The van der Waals surface area contributed by atoms with Crippen LogP contribution in [-0.2, 0) is 27.5 Å². The number of ether oxygens (including phenoxy) is 2. The van der Waals surface area contributed by atoms with E-state index in [4.69, 9.17) is 9.47 Å². The van der Waals surface area contributed by atoms with E-state index in [-0.39, 0.29) is 18.2 Å². The van der Waals surface area contributed by atoms with E-state index in [2.05, 4.69) is 26.2 Å². The van der Waals surface area contributed by atoms with E-state index in [1.807, 2.05) is 18.2 Å². The van der Waals surface area contributed by atoms with Crippen molar-refractivity contribution in [3.63, 3.8) is 0 Å². The Hall–Kier alpha value is -3.24. The lowest BCUT2D eigenvalue weighted by molar-refractivity contribution is -0.157. The first kappa shape index (κ1) is 26.8. The number of benzene rings is 2. The summed E-state index contributed by atoms with van der Waals surface area (Å²) < 4.78 is 12.9. The molecule has 0 unspecified atom stereocenters. The molecular weight excluding hydrogens is 540 g/mol. The maximum Gasteiger partial charge on any atom is 0.312 e. The molecule has 2 aromatic carbocycles. The second kappa shape index (κ2) is 11.0. The summed E-state index contributed by atoms with van der Waals surface area (Å²) in [6.45, 7) is 9.57. The van der Waals surface area contributed by atoms with Crippen LogP contribution in [0.25, 0.3) is 10.9 Å². The molecule has 37 heavy (non-hydrogen) atoms. The van der Waals surface area contributed by atoms with Crippen molar-refractivity contribution in [2.45, 2.75) is 41.0 Å². The number of esters is 1. The number of carbonyl (C=O) groups excluding carboxylic acids is 2. The SMILES string of the molecule is Cc1nc2cc(Br)c(CNc3ccc(C(=O)N4CCOCC4)cc3)cc2c(=O)n1COC(=O)C(C)(C)C. The van der Waals surface area contributed by atoms with Crippen molar-refractivity contribution in [1.82, 2.24) is 14.5 Å². The largest absolute Gasteiger partial charge is 0.443 e. The van der Waals surface area contributed by atoms with Gasteiger partial charge in [-0.05, 0) is 69.7 Å². The molecule has 0 saturated carbocycles. The highest BCUT2D eigenvalue weighted by Crippen LogP contribution is 2.24. The molecule has 2 heterocycles. The molecule has 196 valence electrons. The zero-order chi connectivity index (χ0) is 26.7. The summed E-state index contributed by atoms with van der Waals surface area (Å²) >= 11 is 3.59. The van der Waals surface area contributed by atoms with Gasteiger partial charge in [0, 0.05) is 35.4 Å². The van der Waals surface area contributed by atoms with E-state index in [1.54, 1.807) is 50.8 Å². The van der Waals surface area contributed by atoms with Gasteiger partial charge in [0.25, 0.3) is 11.5 Å². The maximum atomic E-state index is 13.2. The van der Waals surface area contributed by atoms with Crippen LogP contribution in [0, 0.1) is 12.3 Å². The third-order valence-electron chi connectivity index (χ3n) is 6.16. The molecule has 1 aliphatic rings. The number of nitrogens with one attached hydrogen (secondary N) is 1. The number of halogens is 1. The lowest BCUT2D eigenvalue weighted by Gasteiger charge is -2.26.